The van der Waals surface area contributed by atoms with Gasteiger partial charge in [0.2, 0.25) is 17.8 Å². The number of hydrogen-bond donors (Lipinski definition) is 3. The Morgan fingerprint density at radius 3 is 2.53 bits per heavy atom. The summed E-state index contributed by atoms with van der Waals surface area (Å²) in [4.78, 5) is 25.6. The van der Waals surface area contributed by atoms with Gasteiger partial charge < -0.3 is 16.4 Å². The van der Waals surface area contributed by atoms with Gasteiger partial charge in [-0.3, -0.25) is 9.36 Å². The number of halogens is 2. The second-order valence-corrected chi connectivity index (χ2v) is 9.11. The smallest absolute Gasteiger partial charge is 0.224 e. The fourth-order valence-corrected chi connectivity index (χ4v) is 4.56. The minimum atomic E-state index is -0.234. The van der Waals surface area contributed by atoms with E-state index in [-0.39, 0.29) is 23.9 Å². The lowest BCUT2D eigenvalue weighted by Crippen LogP contribution is -2.28. The molecule has 1 aliphatic carbocycles. The minimum absolute atomic E-state index is 0.0901. The molecule has 4 rings (SSSR count). The van der Waals surface area contributed by atoms with Crippen molar-refractivity contribution in [2.45, 2.75) is 58.0 Å². The Morgan fingerprint density at radius 1 is 1.22 bits per heavy atom. The first-order valence-corrected chi connectivity index (χ1v) is 11.6. The van der Waals surface area contributed by atoms with Crippen molar-refractivity contribution >= 4 is 57.9 Å². The van der Waals surface area contributed by atoms with Gasteiger partial charge in [-0.15, -0.1) is 0 Å². The molecule has 0 saturated heterocycles. The first kappa shape index (κ1) is 22.6. The number of para-hydroxylation sites is 1. The van der Waals surface area contributed by atoms with Gasteiger partial charge in [-0.25, -0.2) is 9.97 Å². The van der Waals surface area contributed by atoms with Crippen LogP contribution >= 0.6 is 23.2 Å². The number of carbonyl (C=O) groups is 1. The number of nitrogens with two attached hydrogens (primary N) is 1. The van der Waals surface area contributed by atoms with Crippen LogP contribution < -0.4 is 16.4 Å². The average molecular weight is 476 g/mol. The fourth-order valence-electron chi connectivity index (χ4n) is 4.06. The van der Waals surface area contributed by atoms with E-state index in [4.69, 9.17) is 38.9 Å². The van der Waals surface area contributed by atoms with Crippen LogP contribution in [0.3, 0.4) is 0 Å². The molecule has 1 fully saturated rings. The van der Waals surface area contributed by atoms with E-state index in [0.717, 1.165) is 37.8 Å². The minimum Gasteiger partial charge on any atom is -0.369 e. The molecule has 1 atom stereocenters. The van der Waals surface area contributed by atoms with Crippen molar-refractivity contribution in [3.63, 3.8) is 0 Å². The van der Waals surface area contributed by atoms with Crippen LogP contribution in [0.1, 0.15) is 52.0 Å². The lowest BCUT2D eigenvalue weighted by molar-refractivity contribution is -0.122. The molecule has 1 amide bonds. The van der Waals surface area contributed by atoms with Gasteiger partial charge in [0.05, 0.1) is 21.9 Å². The van der Waals surface area contributed by atoms with E-state index in [2.05, 4.69) is 34.0 Å². The monoisotopic (exact) mass is 475 g/mol. The van der Waals surface area contributed by atoms with Crippen molar-refractivity contribution in [2.24, 2.45) is 11.7 Å². The van der Waals surface area contributed by atoms with E-state index in [1.165, 1.54) is 0 Å². The summed E-state index contributed by atoms with van der Waals surface area (Å²) in [5, 5.41) is 7.63. The topological polar surface area (TPSA) is 111 Å². The van der Waals surface area contributed by atoms with Crippen LogP contribution in [-0.4, -0.2) is 31.5 Å². The number of aromatic nitrogens is 4. The Balaban J connectivity index is 1.76. The number of primary amides is 1. The van der Waals surface area contributed by atoms with Crippen LogP contribution in [0.25, 0.3) is 11.2 Å². The molecule has 170 valence electrons. The fraction of sp³-hybridized carbons (Fsp3) is 0.455. The van der Waals surface area contributed by atoms with Gasteiger partial charge in [0.25, 0.3) is 0 Å². The van der Waals surface area contributed by atoms with E-state index < -0.39 is 0 Å². The molecule has 1 aromatic carbocycles. The molecule has 0 bridgehead atoms. The van der Waals surface area contributed by atoms with Crippen LogP contribution in [0.15, 0.2) is 24.4 Å². The third-order valence-corrected chi connectivity index (χ3v) is 6.71. The Morgan fingerprint density at radius 2 is 1.91 bits per heavy atom. The summed E-state index contributed by atoms with van der Waals surface area (Å²) in [6.45, 7) is 4.19. The highest BCUT2D eigenvalue weighted by molar-refractivity contribution is 6.39. The van der Waals surface area contributed by atoms with E-state index in [9.17, 15) is 4.79 Å². The molecular weight excluding hydrogens is 449 g/mol. The number of nitrogens with one attached hydrogen (secondary N) is 2. The number of amides is 1. The first-order valence-electron chi connectivity index (χ1n) is 10.9. The van der Waals surface area contributed by atoms with E-state index in [0.29, 0.717) is 33.1 Å². The highest BCUT2D eigenvalue weighted by Crippen LogP contribution is 2.39. The molecule has 2 aromatic heterocycles. The summed E-state index contributed by atoms with van der Waals surface area (Å²) >= 11 is 12.8. The van der Waals surface area contributed by atoms with Gasteiger partial charge in [-0.2, -0.15) is 4.98 Å². The standard InChI is InChI=1S/C22H27Cl2N7O/c1-3-12(2)27-21-26-11-17-20(30-21)31(14-9-7-13(8-10-14)19(25)32)22(28-17)29-18-15(23)5-4-6-16(18)24/h4-6,11-14H,3,7-10H2,1-2H3,(H2,25,32)(H,28,29)(H,26,27,30)/t12-,13-,14+/m0/s1. The Bertz CT molecular complexity index is 1100. The second-order valence-electron chi connectivity index (χ2n) is 8.29. The molecule has 1 saturated carbocycles. The van der Waals surface area contributed by atoms with Crippen molar-refractivity contribution in [3.05, 3.63) is 34.4 Å². The number of rotatable bonds is 7. The number of benzene rings is 1. The van der Waals surface area contributed by atoms with Gasteiger partial charge in [0, 0.05) is 18.0 Å². The third kappa shape index (κ3) is 4.61. The second kappa shape index (κ2) is 9.50. The lowest BCUT2D eigenvalue weighted by Gasteiger charge is -2.29. The van der Waals surface area contributed by atoms with Crippen LogP contribution in [-0.2, 0) is 4.79 Å². The zero-order chi connectivity index (χ0) is 22.8. The summed E-state index contributed by atoms with van der Waals surface area (Å²) in [7, 11) is 0. The van der Waals surface area contributed by atoms with Crippen LogP contribution in [0.5, 0.6) is 0 Å². The van der Waals surface area contributed by atoms with Gasteiger partial charge in [-0.1, -0.05) is 36.2 Å². The van der Waals surface area contributed by atoms with Crippen molar-refractivity contribution in [2.75, 3.05) is 10.6 Å². The van der Waals surface area contributed by atoms with Crippen molar-refractivity contribution < 1.29 is 4.79 Å². The number of imidazole rings is 1. The molecule has 1 aliphatic rings. The summed E-state index contributed by atoms with van der Waals surface area (Å²) in [5.41, 5.74) is 7.52. The van der Waals surface area contributed by atoms with E-state index >= 15 is 0 Å². The predicted molar refractivity (Wildman–Crippen MR) is 129 cm³/mol. The third-order valence-electron chi connectivity index (χ3n) is 6.08. The Labute approximate surface area is 196 Å². The molecular formula is C22H27Cl2N7O. The molecule has 0 unspecified atom stereocenters. The van der Waals surface area contributed by atoms with Crippen LogP contribution in [0.2, 0.25) is 10.0 Å². The van der Waals surface area contributed by atoms with E-state index in [1.54, 1.807) is 24.4 Å². The Kier molecular flexibility index (Phi) is 6.71. The molecule has 3 aromatic rings. The van der Waals surface area contributed by atoms with Crippen molar-refractivity contribution in [1.29, 1.82) is 0 Å². The number of hydrogen-bond acceptors (Lipinski definition) is 6. The highest BCUT2D eigenvalue weighted by Gasteiger charge is 2.29. The molecule has 0 spiro atoms. The molecule has 4 N–H and O–H groups in total. The molecule has 0 radical (unpaired) electrons. The number of nitrogens with zero attached hydrogens (tertiary/aromatic N) is 4. The van der Waals surface area contributed by atoms with E-state index in [1.807, 2.05) is 0 Å². The quantitative estimate of drug-likeness (QED) is 0.427. The predicted octanol–water partition coefficient (Wildman–Crippen LogP) is 5.30. The summed E-state index contributed by atoms with van der Waals surface area (Å²) in [6.07, 6.45) is 5.72. The SMILES string of the molecule is CC[C@H](C)Nc1ncc2nc(Nc3c(Cl)cccc3Cl)n([C@H]3CC[C@@H](C(N)=O)CC3)c2n1. The number of carbonyl (C=O) groups excluding carboxylic acids is 1. The van der Waals surface area contributed by atoms with Crippen molar-refractivity contribution in [3.8, 4) is 0 Å². The van der Waals surface area contributed by atoms with Crippen LogP contribution in [0, 0.1) is 5.92 Å². The normalized spacial score (nSPS) is 19.6. The summed E-state index contributed by atoms with van der Waals surface area (Å²) in [5.74, 6) is 0.823. The van der Waals surface area contributed by atoms with Crippen LogP contribution in [0.4, 0.5) is 17.6 Å². The van der Waals surface area contributed by atoms with Gasteiger partial charge in [0.1, 0.15) is 5.52 Å². The first-order chi connectivity index (χ1) is 15.4. The lowest BCUT2D eigenvalue weighted by atomic mass is 9.85. The summed E-state index contributed by atoms with van der Waals surface area (Å²) < 4.78 is 2.08. The number of anilines is 3. The zero-order valence-corrected chi connectivity index (χ0v) is 19.6. The molecule has 10 heteroatoms. The maximum absolute atomic E-state index is 11.7. The molecule has 2 heterocycles. The Hall–Kier alpha value is -2.58. The summed E-state index contributed by atoms with van der Waals surface area (Å²) in [6, 6.07) is 5.69. The van der Waals surface area contributed by atoms with Gasteiger partial charge in [-0.05, 0) is 51.2 Å². The molecule has 8 nitrogen and oxygen atoms in total. The molecule has 0 aliphatic heterocycles. The zero-order valence-electron chi connectivity index (χ0n) is 18.1. The maximum Gasteiger partial charge on any atom is 0.224 e. The number of fused-ring (bicyclic) bond motifs is 1. The van der Waals surface area contributed by atoms with Gasteiger partial charge in [0.15, 0.2) is 5.65 Å². The van der Waals surface area contributed by atoms with Crippen molar-refractivity contribution in [1.82, 2.24) is 19.5 Å². The molecule has 32 heavy (non-hydrogen) atoms. The highest BCUT2D eigenvalue weighted by atomic mass is 35.5. The maximum atomic E-state index is 11.7. The largest absolute Gasteiger partial charge is 0.369 e. The average Bonchev–Trinajstić information content (AvgIpc) is 3.13. The van der Waals surface area contributed by atoms with Gasteiger partial charge >= 0.3 is 0 Å².